The molecule has 132 valence electrons. The summed E-state index contributed by atoms with van der Waals surface area (Å²) < 4.78 is 5.86. The van der Waals surface area contributed by atoms with Crippen LogP contribution in [0, 0.1) is 5.92 Å². The molecule has 0 amide bonds. The predicted molar refractivity (Wildman–Crippen MR) is 93.6 cm³/mol. The molecule has 1 N–H and O–H groups in total. The summed E-state index contributed by atoms with van der Waals surface area (Å²) in [7, 11) is 0. The van der Waals surface area contributed by atoms with Gasteiger partial charge in [-0.25, -0.2) is 9.78 Å². The second-order valence-electron chi connectivity index (χ2n) is 7.33. The van der Waals surface area contributed by atoms with E-state index in [1.165, 1.54) is 12.8 Å². The highest BCUT2D eigenvalue weighted by molar-refractivity contribution is 5.89. The number of piperidine rings is 1. The lowest BCUT2D eigenvalue weighted by Gasteiger charge is -2.31. The molecule has 1 saturated heterocycles. The average Bonchev–Trinajstić information content (AvgIpc) is 3.37. The Bertz CT molecular complexity index is 743. The summed E-state index contributed by atoms with van der Waals surface area (Å²) in [6.07, 6.45) is 7.34. The number of benzene rings is 1. The molecule has 2 aliphatic rings. The number of aromatic carboxylic acids is 1. The highest BCUT2D eigenvalue weighted by atomic mass is 16.4. The quantitative estimate of drug-likeness (QED) is 0.868. The first-order valence-electron chi connectivity index (χ1n) is 9.17. The average molecular weight is 340 g/mol. The molecule has 5 heteroatoms. The first-order chi connectivity index (χ1) is 12.2. The lowest BCUT2D eigenvalue weighted by Crippen LogP contribution is -2.33. The first kappa shape index (κ1) is 16.3. The number of likely N-dealkylation sites (tertiary alicyclic amines) is 1. The van der Waals surface area contributed by atoms with Crippen molar-refractivity contribution >= 4 is 5.97 Å². The van der Waals surface area contributed by atoms with Crippen molar-refractivity contribution in [2.75, 3.05) is 13.1 Å². The van der Waals surface area contributed by atoms with Crippen molar-refractivity contribution in [3.05, 3.63) is 53.2 Å². The molecule has 1 aliphatic heterocycles. The van der Waals surface area contributed by atoms with Crippen LogP contribution in [0.5, 0.6) is 0 Å². The minimum atomic E-state index is -0.829. The van der Waals surface area contributed by atoms with Gasteiger partial charge in [-0.1, -0.05) is 18.2 Å². The van der Waals surface area contributed by atoms with Crippen LogP contribution >= 0.6 is 0 Å². The van der Waals surface area contributed by atoms with Crippen molar-refractivity contribution in [3.8, 4) is 0 Å². The molecule has 2 fully saturated rings. The summed E-state index contributed by atoms with van der Waals surface area (Å²) >= 11 is 0. The molecule has 0 spiro atoms. The van der Waals surface area contributed by atoms with Crippen LogP contribution in [-0.4, -0.2) is 34.0 Å². The minimum Gasteiger partial charge on any atom is -0.478 e. The number of aromatic nitrogens is 1. The molecule has 0 atom stereocenters. The number of carboxylic acid groups (broad SMARTS) is 1. The summed E-state index contributed by atoms with van der Waals surface area (Å²) in [5.41, 5.74) is 1.40. The van der Waals surface area contributed by atoms with Crippen molar-refractivity contribution in [1.82, 2.24) is 9.88 Å². The van der Waals surface area contributed by atoms with Gasteiger partial charge in [0.25, 0.3) is 0 Å². The topological polar surface area (TPSA) is 66.6 Å². The van der Waals surface area contributed by atoms with Crippen LogP contribution < -0.4 is 0 Å². The van der Waals surface area contributed by atoms with Gasteiger partial charge >= 0.3 is 5.97 Å². The van der Waals surface area contributed by atoms with E-state index in [2.05, 4.69) is 9.88 Å². The number of nitrogens with zero attached hydrogens (tertiary/aromatic N) is 2. The molecule has 1 aromatic heterocycles. The number of hydrogen-bond acceptors (Lipinski definition) is 4. The molecule has 2 heterocycles. The lowest BCUT2D eigenvalue weighted by atomic mass is 9.88. The number of carboxylic acids is 1. The SMILES string of the molecule is O=C(O)c1ccccc1CC1CCN(Cc2cnc(C3CC3)o2)CC1. The van der Waals surface area contributed by atoms with Crippen molar-refractivity contribution < 1.29 is 14.3 Å². The van der Waals surface area contributed by atoms with Crippen LogP contribution in [0.3, 0.4) is 0 Å². The fraction of sp³-hybridized carbons (Fsp3) is 0.500. The summed E-state index contributed by atoms with van der Waals surface area (Å²) in [6.45, 7) is 2.89. The van der Waals surface area contributed by atoms with E-state index in [-0.39, 0.29) is 0 Å². The molecular formula is C20H24N2O3. The van der Waals surface area contributed by atoms with Gasteiger partial charge in [0.2, 0.25) is 0 Å². The molecule has 1 aromatic carbocycles. The maximum atomic E-state index is 11.3. The van der Waals surface area contributed by atoms with Crippen LogP contribution in [0.25, 0.3) is 0 Å². The number of carbonyl (C=O) groups is 1. The number of rotatable bonds is 6. The molecule has 1 aliphatic carbocycles. The van der Waals surface area contributed by atoms with E-state index in [9.17, 15) is 9.90 Å². The fourth-order valence-electron chi connectivity index (χ4n) is 3.70. The molecule has 5 nitrogen and oxygen atoms in total. The van der Waals surface area contributed by atoms with Crippen molar-refractivity contribution in [1.29, 1.82) is 0 Å². The first-order valence-corrected chi connectivity index (χ1v) is 9.17. The van der Waals surface area contributed by atoms with Crippen LogP contribution in [0.4, 0.5) is 0 Å². The summed E-state index contributed by atoms with van der Waals surface area (Å²) in [5.74, 6) is 2.17. The van der Waals surface area contributed by atoms with E-state index >= 15 is 0 Å². The Kier molecular flexibility index (Phi) is 4.57. The minimum absolute atomic E-state index is 0.444. The van der Waals surface area contributed by atoms with Gasteiger partial charge in [-0.05, 0) is 62.7 Å². The molecule has 0 radical (unpaired) electrons. The zero-order valence-electron chi connectivity index (χ0n) is 14.4. The third-order valence-corrected chi connectivity index (χ3v) is 5.34. The Balaban J connectivity index is 1.30. The van der Waals surface area contributed by atoms with Gasteiger partial charge in [0.15, 0.2) is 5.89 Å². The highest BCUT2D eigenvalue weighted by Crippen LogP contribution is 2.39. The molecule has 2 aromatic rings. The van der Waals surface area contributed by atoms with Crippen molar-refractivity contribution in [3.63, 3.8) is 0 Å². The van der Waals surface area contributed by atoms with E-state index in [0.29, 0.717) is 17.4 Å². The number of oxazole rings is 1. The maximum Gasteiger partial charge on any atom is 0.335 e. The van der Waals surface area contributed by atoms with Crippen LogP contribution in [0.1, 0.15) is 59.2 Å². The van der Waals surface area contributed by atoms with Crippen LogP contribution in [-0.2, 0) is 13.0 Å². The summed E-state index contributed by atoms with van der Waals surface area (Å²) in [5, 5.41) is 9.32. The molecular weight excluding hydrogens is 316 g/mol. The second-order valence-corrected chi connectivity index (χ2v) is 7.33. The molecule has 1 saturated carbocycles. The fourth-order valence-corrected chi connectivity index (χ4v) is 3.70. The van der Waals surface area contributed by atoms with Gasteiger partial charge in [0.05, 0.1) is 18.3 Å². The lowest BCUT2D eigenvalue weighted by molar-refractivity contribution is 0.0695. The molecule has 25 heavy (non-hydrogen) atoms. The Morgan fingerprint density at radius 3 is 2.68 bits per heavy atom. The van der Waals surface area contributed by atoms with E-state index in [1.807, 2.05) is 18.3 Å². The van der Waals surface area contributed by atoms with Gasteiger partial charge in [0, 0.05) is 5.92 Å². The van der Waals surface area contributed by atoms with Gasteiger partial charge in [-0.15, -0.1) is 0 Å². The van der Waals surface area contributed by atoms with E-state index in [4.69, 9.17) is 4.42 Å². The van der Waals surface area contributed by atoms with Crippen LogP contribution in [0.15, 0.2) is 34.9 Å². The van der Waals surface area contributed by atoms with Gasteiger partial charge in [0.1, 0.15) is 5.76 Å². The second kappa shape index (κ2) is 7.00. The standard InChI is InChI=1S/C20H24N2O3/c23-20(24)18-4-2-1-3-16(18)11-14-7-9-22(10-8-14)13-17-12-21-19(25-17)15-5-6-15/h1-4,12,14-15H,5-11,13H2,(H,23,24). The third-order valence-electron chi connectivity index (χ3n) is 5.34. The molecule has 0 bridgehead atoms. The molecule has 4 rings (SSSR count). The predicted octanol–water partition coefficient (Wildman–Crippen LogP) is 3.70. The largest absolute Gasteiger partial charge is 0.478 e. The highest BCUT2D eigenvalue weighted by Gasteiger charge is 2.29. The van der Waals surface area contributed by atoms with E-state index < -0.39 is 5.97 Å². The smallest absolute Gasteiger partial charge is 0.335 e. The zero-order valence-corrected chi connectivity index (χ0v) is 14.4. The van der Waals surface area contributed by atoms with Gasteiger partial charge in [-0.3, -0.25) is 4.90 Å². The van der Waals surface area contributed by atoms with Gasteiger partial charge < -0.3 is 9.52 Å². The Morgan fingerprint density at radius 1 is 1.20 bits per heavy atom. The van der Waals surface area contributed by atoms with Crippen molar-refractivity contribution in [2.45, 2.75) is 44.6 Å². The maximum absolute atomic E-state index is 11.3. The van der Waals surface area contributed by atoms with Gasteiger partial charge in [-0.2, -0.15) is 0 Å². The summed E-state index contributed by atoms with van der Waals surface area (Å²) in [6, 6.07) is 7.37. The summed E-state index contributed by atoms with van der Waals surface area (Å²) in [4.78, 5) is 18.2. The third kappa shape index (κ3) is 3.93. The normalized spacial score (nSPS) is 19.2. The molecule has 0 unspecified atom stereocenters. The Morgan fingerprint density at radius 2 is 1.96 bits per heavy atom. The Hall–Kier alpha value is -2.14. The van der Waals surface area contributed by atoms with Crippen molar-refractivity contribution in [2.24, 2.45) is 5.92 Å². The number of hydrogen-bond donors (Lipinski definition) is 1. The Labute approximate surface area is 147 Å². The zero-order chi connectivity index (χ0) is 17.2. The monoisotopic (exact) mass is 340 g/mol. The van der Waals surface area contributed by atoms with Crippen LogP contribution in [0.2, 0.25) is 0 Å². The van der Waals surface area contributed by atoms with E-state index in [1.54, 1.807) is 12.1 Å². The van der Waals surface area contributed by atoms with E-state index in [0.717, 1.165) is 56.1 Å².